The minimum Gasteiger partial charge on any atom is -0.396 e. The first-order chi connectivity index (χ1) is 9.65. The van der Waals surface area contributed by atoms with Gasteiger partial charge < -0.3 is 11.1 Å². The molecule has 104 valence electrons. The van der Waals surface area contributed by atoms with Crippen molar-refractivity contribution in [3.8, 4) is 6.07 Å². The highest BCUT2D eigenvalue weighted by Gasteiger charge is 2.14. The largest absolute Gasteiger partial charge is 0.396 e. The Labute approximate surface area is 125 Å². The molecule has 20 heavy (non-hydrogen) atoms. The van der Waals surface area contributed by atoms with E-state index in [-0.39, 0.29) is 5.82 Å². The van der Waals surface area contributed by atoms with Crippen molar-refractivity contribution in [3.63, 3.8) is 0 Å². The fourth-order valence-corrected chi connectivity index (χ4v) is 3.66. The molecule has 0 unspecified atom stereocenters. The molecule has 0 amide bonds. The highest BCUT2D eigenvalue weighted by Crippen LogP contribution is 2.41. The number of benzene rings is 1. The van der Waals surface area contributed by atoms with Gasteiger partial charge in [0.15, 0.2) is 0 Å². The van der Waals surface area contributed by atoms with Crippen molar-refractivity contribution in [1.82, 2.24) is 0 Å². The number of hydrogen-bond acceptors (Lipinski definition) is 5. The molecule has 1 heterocycles. The minimum atomic E-state index is -0.226. The molecule has 1 aromatic heterocycles. The van der Waals surface area contributed by atoms with Crippen LogP contribution in [-0.2, 0) is 6.42 Å². The summed E-state index contributed by atoms with van der Waals surface area (Å²) in [6.45, 7) is 0.712. The third-order valence-corrected chi connectivity index (χ3v) is 4.85. The average molecular weight is 307 g/mol. The molecule has 0 spiro atoms. The van der Waals surface area contributed by atoms with Crippen molar-refractivity contribution < 1.29 is 4.39 Å². The summed E-state index contributed by atoms with van der Waals surface area (Å²) in [5.41, 5.74) is 7.52. The second-order valence-corrected chi connectivity index (χ2v) is 5.96. The zero-order valence-electron chi connectivity index (χ0n) is 10.9. The number of hydrogen-bond donors (Lipinski definition) is 2. The van der Waals surface area contributed by atoms with Crippen LogP contribution in [0.15, 0.2) is 29.2 Å². The number of nitrogen functional groups attached to an aromatic ring is 1. The topological polar surface area (TPSA) is 61.8 Å². The van der Waals surface area contributed by atoms with E-state index in [1.165, 1.54) is 35.2 Å². The summed E-state index contributed by atoms with van der Waals surface area (Å²) in [4.78, 5) is 1.46. The summed E-state index contributed by atoms with van der Waals surface area (Å²) in [5, 5.41) is 13.2. The Kier molecular flexibility index (Phi) is 4.88. The number of nitrogens with one attached hydrogen (secondary N) is 1. The summed E-state index contributed by atoms with van der Waals surface area (Å²) in [7, 11) is 0. The van der Waals surface area contributed by atoms with Gasteiger partial charge in [0.1, 0.15) is 21.8 Å². The first-order valence-corrected chi connectivity index (χ1v) is 8.04. The summed E-state index contributed by atoms with van der Waals surface area (Å²) in [5.74, 6) is -0.226. The van der Waals surface area contributed by atoms with E-state index in [0.717, 1.165) is 21.9 Å². The summed E-state index contributed by atoms with van der Waals surface area (Å²) in [6, 6.07) is 8.57. The number of halogens is 1. The van der Waals surface area contributed by atoms with Crippen molar-refractivity contribution in [2.45, 2.75) is 11.3 Å². The molecule has 6 heteroatoms. The van der Waals surface area contributed by atoms with E-state index in [9.17, 15) is 4.39 Å². The van der Waals surface area contributed by atoms with E-state index in [1.54, 1.807) is 12.1 Å². The molecule has 0 saturated carbocycles. The summed E-state index contributed by atoms with van der Waals surface area (Å²) in [6.07, 6.45) is 2.72. The van der Waals surface area contributed by atoms with Gasteiger partial charge in [0, 0.05) is 6.54 Å². The Hall–Kier alpha value is -1.71. The molecule has 0 fully saturated rings. The van der Waals surface area contributed by atoms with Crippen LogP contribution >= 0.6 is 23.1 Å². The fraction of sp³-hybridized carbons (Fsp3) is 0.214. The lowest BCUT2D eigenvalue weighted by Crippen LogP contribution is -2.04. The second-order valence-electron chi connectivity index (χ2n) is 4.12. The highest BCUT2D eigenvalue weighted by atomic mass is 32.2. The molecule has 0 atom stereocenters. The van der Waals surface area contributed by atoms with Gasteiger partial charge in [-0.2, -0.15) is 5.26 Å². The quantitative estimate of drug-likeness (QED) is 0.827. The van der Waals surface area contributed by atoms with Crippen LogP contribution in [0.25, 0.3) is 0 Å². The van der Waals surface area contributed by atoms with Crippen molar-refractivity contribution >= 4 is 33.8 Å². The maximum Gasteiger partial charge on any atom is 0.131 e. The standard InChI is InChI=1S/C14H14FN3S2/c1-19-13-12(17)11(8-16)20-14(13)18-7-6-9-2-4-10(15)5-3-9/h2-5,18H,6-7,17H2,1H3. The van der Waals surface area contributed by atoms with Crippen molar-refractivity contribution in [3.05, 3.63) is 40.5 Å². The second kappa shape index (κ2) is 6.64. The highest BCUT2D eigenvalue weighted by molar-refractivity contribution is 7.99. The van der Waals surface area contributed by atoms with E-state index >= 15 is 0 Å². The van der Waals surface area contributed by atoms with Crippen molar-refractivity contribution in [2.24, 2.45) is 0 Å². The Balaban J connectivity index is 2.01. The van der Waals surface area contributed by atoms with Crippen LogP contribution < -0.4 is 11.1 Å². The first-order valence-electron chi connectivity index (χ1n) is 6.00. The van der Waals surface area contributed by atoms with E-state index in [4.69, 9.17) is 11.0 Å². The Bertz CT molecular complexity index is 629. The Morgan fingerprint density at radius 1 is 1.40 bits per heavy atom. The molecule has 0 aliphatic carbocycles. The van der Waals surface area contributed by atoms with Crippen LogP contribution in [0.2, 0.25) is 0 Å². The van der Waals surface area contributed by atoms with Crippen LogP contribution in [-0.4, -0.2) is 12.8 Å². The van der Waals surface area contributed by atoms with Gasteiger partial charge in [-0.15, -0.1) is 23.1 Å². The van der Waals surface area contributed by atoms with Crippen LogP contribution in [0.4, 0.5) is 15.1 Å². The predicted molar refractivity (Wildman–Crippen MR) is 83.8 cm³/mol. The SMILES string of the molecule is CSc1c(NCCc2ccc(F)cc2)sc(C#N)c1N. The van der Waals surface area contributed by atoms with Crippen molar-refractivity contribution in [1.29, 1.82) is 5.26 Å². The molecule has 0 bridgehead atoms. The number of nitrogens with zero attached hydrogens (tertiary/aromatic N) is 1. The third kappa shape index (κ3) is 3.24. The minimum absolute atomic E-state index is 0.226. The molecular weight excluding hydrogens is 293 g/mol. The normalized spacial score (nSPS) is 10.2. The first kappa shape index (κ1) is 14.7. The van der Waals surface area contributed by atoms with Gasteiger partial charge in [-0.3, -0.25) is 0 Å². The molecule has 0 saturated heterocycles. The molecular formula is C14H14FN3S2. The van der Waals surface area contributed by atoms with Crippen molar-refractivity contribution in [2.75, 3.05) is 23.9 Å². The van der Waals surface area contributed by atoms with Gasteiger partial charge in [0.05, 0.1) is 10.6 Å². The molecule has 0 radical (unpaired) electrons. The van der Waals surface area contributed by atoms with Gasteiger partial charge in [0.2, 0.25) is 0 Å². The molecule has 1 aromatic carbocycles. The molecule has 3 N–H and O–H groups in total. The van der Waals surface area contributed by atoms with Gasteiger partial charge in [-0.1, -0.05) is 12.1 Å². The maximum absolute atomic E-state index is 12.8. The van der Waals surface area contributed by atoms with Gasteiger partial charge >= 0.3 is 0 Å². The number of anilines is 2. The smallest absolute Gasteiger partial charge is 0.131 e. The zero-order valence-corrected chi connectivity index (χ0v) is 12.6. The van der Waals surface area contributed by atoms with E-state index < -0.39 is 0 Å². The molecule has 2 rings (SSSR count). The average Bonchev–Trinajstić information content (AvgIpc) is 2.76. The Morgan fingerprint density at radius 2 is 2.10 bits per heavy atom. The fourth-order valence-electron chi connectivity index (χ4n) is 1.80. The summed E-state index contributed by atoms with van der Waals surface area (Å²) >= 11 is 2.90. The zero-order chi connectivity index (χ0) is 14.5. The molecule has 0 aliphatic rings. The monoisotopic (exact) mass is 307 g/mol. The number of nitriles is 1. The Morgan fingerprint density at radius 3 is 2.70 bits per heavy atom. The van der Waals surface area contributed by atoms with Crippen LogP contribution in [0.3, 0.4) is 0 Å². The lowest BCUT2D eigenvalue weighted by molar-refractivity contribution is 0.627. The number of thiophene rings is 1. The molecule has 2 aromatic rings. The van der Waals surface area contributed by atoms with E-state index in [0.29, 0.717) is 17.1 Å². The predicted octanol–water partition coefficient (Wildman–Crippen LogP) is 3.72. The van der Waals surface area contributed by atoms with E-state index in [2.05, 4.69) is 11.4 Å². The lowest BCUT2D eigenvalue weighted by atomic mass is 10.1. The van der Waals surface area contributed by atoms with Crippen LogP contribution in [0, 0.1) is 17.1 Å². The van der Waals surface area contributed by atoms with Gasteiger partial charge in [-0.05, 0) is 30.4 Å². The molecule has 0 aliphatic heterocycles. The lowest BCUT2D eigenvalue weighted by Gasteiger charge is -2.06. The molecule has 3 nitrogen and oxygen atoms in total. The van der Waals surface area contributed by atoms with Gasteiger partial charge in [0.25, 0.3) is 0 Å². The number of rotatable bonds is 5. The number of nitrogens with two attached hydrogens (primary N) is 1. The maximum atomic E-state index is 12.8. The van der Waals surface area contributed by atoms with Gasteiger partial charge in [-0.25, -0.2) is 4.39 Å². The van der Waals surface area contributed by atoms with E-state index in [1.807, 2.05) is 6.26 Å². The van der Waals surface area contributed by atoms with Crippen LogP contribution in [0.1, 0.15) is 10.4 Å². The number of thioether (sulfide) groups is 1. The summed E-state index contributed by atoms with van der Waals surface area (Å²) < 4.78 is 12.8. The third-order valence-electron chi connectivity index (χ3n) is 2.82. The van der Waals surface area contributed by atoms with Crippen LogP contribution in [0.5, 0.6) is 0 Å².